The second-order valence-electron chi connectivity index (χ2n) is 4.11. The number of amides is 2. The van der Waals surface area contributed by atoms with Gasteiger partial charge in [0.1, 0.15) is 11.4 Å². The number of urea groups is 1. The molecule has 6 heteroatoms. The van der Waals surface area contributed by atoms with E-state index in [-0.39, 0.29) is 11.6 Å². The number of methoxy groups -OCH3 is 1. The zero-order valence-electron chi connectivity index (χ0n) is 9.44. The van der Waals surface area contributed by atoms with Crippen LogP contribution in [0.3, 0.4) is 0 Å². The molecular formula is C10H17N3O2S. The summed E-state index contributed by atoms with van der Waals surface area (Å²) < 4.78 is 5.03. The number of nitrogens with zero attached hydrogens (tertiary/aromatic N) is 2. The lowest BCUT2D eigenvalue weighted by Gasteiger charge is -2.40. The van der Waals surface area contributed by atoms with Crippen molar-refractivity contribution in [1.82, 2.24) is 4.90 Å². The Labute approximate surface area is 99.4 Å². The molecule has 0 radical (unpaired) electrons. The Morgan fingerprint density at radius 2 is 2.50 bits per heavy atom. The summed E-state index contributed by atoms with van der Waals surface area (Å²) in [6, 6.07) is -0.211. The number of amidine groups is 1. The first-order valence-electron chi connectivity index (χ1n) is 5.43. The molecular weight excluding hydrogens is 226 g/mol. The highest BCUT2D eigenvalue weighted by Gasteiger charge is 2.48. The van der Waals surface area contributed by atoms with Crippen LogP contribution in [0.4, 0.5) is 4.79 Å². The van der Waals surface area contributed by atoms with Gasteiger partial charge in [0.05, 0.1) is 6.61 Å². The summed E-state index contributed by atoms with van der Waals surface area (Å²) in [5, 5.41) is 0. The number of hydrogen-bond acceptors (Lipinski definition) is 4. The normalized spacial score (nSPS) is 29.9. The topological polar surface area (TPSA) is 67.9 Å². The minimum atomic E-state index is -0.335. The van der Waals surface area contributed by atoms with Crippen molar-refractivity contribution in [2.24, 2.45) is 10.7 Å². The van der Waals surface area contributed by atoms with Gasteiger partial charge in [-0.25, -0.2) is 4.79 Å². The summed E-state index contributed by atoms with van der Waals surface area (Å²) in [6.45, 7) is 1.10. The Balaban J connectivity index is 2.17. The Kier molecular flexibility index (Phi) is 3.39. The van der Waals surface area contributed by atoms with Crippen molar-refractivity contribution in [3.05, 3.63) is 0 Å². The van der Waals surface area contributed by atoms with E-state index >= 15 is 0 Å². The second-order valence-corrected chi connectivity index (χ2v) is 5.22. The molecule has 2 aliphatic heterocycles. The van der Waals surface area contributed by atoms with Crippen molar-refractivity contribution >= 4 is 23.6 Å². The Morgan fingerprint density at radius 3 is 3.12 bits per heavy atom. The Morgan fingerprint density at radius 1 is 1.69 bits per heavy atom. The molecule has 90 valence electrons. The fraction of sp³-hybridized carbons (Fsp3) is 0.800. The highest BCUT2D eigenvalue weighted by Crippen LogP contribution is 2.35. The molecule has 5 nitrogen and oxygen atoms in total. The van der Waals surface area contributed by atoms with E-state index in [1.165, 1.54) is 0 Å². The van der Waals surface area contributed by atoms with Gasteiger partial charge < -0.3 is 15.4 Å². The standard InChI is InChI=1S/C10H17N3O2S/c1-15-5-4-13-9(14)12-8(11)10(13)3-2-6-16-7-10/h2-7H2,1H3,(H2,11,12,14). The molecule has 1 unspecified atom stereocenters. The Bertz CT molecular complexity index is 313. The number of carbonyl (C=O) groups excluding carboxylic acids is 1. The number of nitrogens with two attached hydrogens (primary N) is 1. The van der Waals surface area contributed by atoms with Gasteiger partial charge in [-0.2, -0.15) is 16.8 Å². The first kappa shape index (κ1) is 11.7. The van der Waals surface area contributed by atoms with Crippen LogP contribution in [-0.4, -0.2) is 54.1 Å². The number of ether oxygens (including phenoxy) is 1. The van der Waals surface area contributed by atoms with E-state index in [0.717, 1.165) is 24.3 Å². The lowest BCUT2D eigenvalue weighted by Crippen LogP contribution is -2.58. The molecule has 0 bridgehead atoms. The van der Waals surface area contributed by atoms with E-state index < -0.39 is 0 Å². The van der Waals surface area contributed by atoms with Crippen molar-refractivity contribution in [1.29, 1.82) is 0 Å². The molecule has 1 spiro atoms. The summed E-state index contributed by atoms with van der Waals surface area (Å²) in [5.41, 5.74) is 5.60. The van der Waals surface area contributed by atoms with E-state index in [1.807, 2.05) is 11.8 Å². The largest absolute Gasteiger partial charge is 0.385 e. The zero-order chi connectivity index (χ0) is 11.6. The molecule has 1 fully saturated rings. The van der Waals surface area contributed by atoms with Crippen LogP contribution in [0.2, 0.25) is 0 Å². The van der Waals surface area contributed by atoms with Gasteiger partial charge in [0.2, 0.25) is 0 Å². The maximum Gasteiger partial charge on any atom is 0.346 e. The number of carbonyl (C=O) groups is 1. The second kappa shape index (κ2) is 4.63. The maximum atomic E-state index is 11.8. The van der Waals surface area contributed by atoms with Gasteiger partial charge in [-0.05, 0) is 18.6 Å². The molecule has 0 aliphatic carbocycles. The SMILES string of the molecule is COCCN1C(=O)N=C(N)C12CCCSC2. The van der Waals surface area contributed by atoms with Crippen LogP contribution in [0.5, 0.6) is 0 Å². The number of rotatable bonds is 3. The van der Waals surface area contributed by atoms with Gasteiger partial charge in [0, 0.05) is 19.4 Å². The lowest BCUT2D eigenvalue weighted by atomic mass is 9.93. The summed E-state index contributed by atoms with van der Waals surface area (Å²) in [6.07, 6.45) is 2.00. The molecule has 2 amide bonds. The van der Waals surface area contributed by atoms with Crippen LogP contribution in [-0.2, 0) is 4.74 Å². The average molecular weight is 243 g/mol. The predicted octanol–water partition coefficient (Wildman–Crippen LogP) is 0.691. The highest BCUT2D eigenvalue weighted by atomic mass is 32.2. The van der Waals surface area contributed by atoms with Crippen LogP contribution in [0, 0.1) is 0 Å². The first-order chi connectivity index (χ1) is 7.70. The lowest BCUT2D eigenvalue weighted by molar-refractivity contribution is 0.125. The van der Waals surface area contributed by atoms with Crippen LogP contribution >= 0.6 is 11.8 Å². The molecule has 1 saturated heterocycles. The van der Waals surface area contributed by atoms with Crippen molar-refractivity contribution in [3.63, 3.8) is 0 Å². The molecule has 0 saturated carbocycles. The highest BCUT2D eigenvalue weighted by molar-refractivity contribution is 7.99. The molecule has 1 atom stereocenters. The van der Waals surface area contributed by atoms with E-state index in [4.69, 9.17) is 10.5 Å². The molecule has 16 heavy (non-hydrogen) atoms. The van der Waals surface area contributed by atoms with Gasteiger partial charge in [0.15, 0.2) is 0 Å². The first-order valence-corrected chi connectivity index (χ1v) is 6.59. The third kappa shape index (κ3) is 1.80. The smallest absolute Gasteiger partial charge is 0.346 e. The van der Waals surface area contributed by atoms with Crippen molar-refractivity contribution in [3.8, 4) is 0 Å². The van der Waals surface area contributed by atoms with E-state index in [1.54, 1.807) is 12.0 Å². The fourth-order valence-electron chi connectivity index (χ4n) is 2.28. The van der Waals surface area contributed by atoms with Crippen LogP contribution in [0.15, 0.2) is 4.99 Å². The summed E-state index contributed by atoms with van der Waals surface area (Å²) >= 11 is 1.84. The number of aliphatic imine (C=N–C) groups is 1. The molecule has 2 rings (SSSR count). The molecule has 2 heterocycles. The average Bonchev–Trinajstić information content (AvgIpc) is 2.50. The van der Waals surface area contributed by atoms with Gasteiger partial charge in [0.25, 0.3) is 0 Å². The summed E-state index contributed by atoms with van der Waals surface area (Å²) in [5.74, 6) is 2.49. The number of thioether (sulfide) groups is 1. The molecule has 2 N–H and O–H groups in total. The zero-order valence-corrected chi connectivity index (χ0v) is 10.3. The molecule has 0 aromatic carbocycles. The predicted molar refractivity (Wildman–Crippen MR) is 64.9 cm³/mol. The van der Waals surface area contributed by atoms with Crippen LogP contribution in [0.1, 0.15) is 12.8 Å². The maximum absolute atomic E-state index is 11.8. The Hall–Kier alpha value is -0.750. The van der Waals surface area contributed by atoms with Gasteiger partial charge in [-0.3, -0.25) is 0 Å². The summed E-state index contributed by atoms with van der Waals surface area (Å²) in [4.78, 5) is 17.4. The molecule has 2 aliphatic rings. The molecule has 0 aromatic heterocycles. The van der Waals surface area contributed by atoms with Gasteiger partial charge >= 0.3 is 6.03 Å². The van der Waals surface area contributed by atoms with Crippen LogP contribution in [0.25, 0.3) is 0 Å². The van der Waals surface area contributed by atoms with Gasteiger partial charge in [-0.1, -0.05) is 0 Å². The monoisotopic (exact) mass is 243 g/mol. The van der Waals surface area contributed by atoms with E-state index in [2.05, 4.69) is 4.99 Å². The third-order valence-electron chi connectivity index (χ3n) is 3.18. The molecule has 0 aromatic rings. The quantitative estimate of drug-likeness (QED) is 0.792. The van der Waals surface area contributed by atoms with Crippen molar-refractivity contribution < 1.29 is 9.53 Å². The third-order valence-corrected chi connectivity index (χ3v) is 4.44. The minimum absolute atomic E-state index is 0.211. The fourth-order valence-corrected chi connectivity index (χ4v) is 3.55. The number of hydrogen-bond donors (Lipinski definition) is 1. The van der Waals surface area contributed by atoms with E-state index in [9.17, 15) is 4.79 Å². The summed E-state index contributed by atoms with van der Waals surface area (Å²) in [7, 11) is 1.63. The van der Waals surface area contributed by atoms with Crippen LogP contribution < -0.4 is 5.73 Å². The minimum Gasteiger partial charge on any atom is -0.385 e. The van der Waals surface area contributed by atoms with E-state index in [0.29, 0.717) is 19.0 Å². The van der Waals surface area contributed by atoms with Gasteiger partial charge in [-0.15, -0.1) is 0 Å². The van der Waals surface area contributed by atoms with Crippen molar-refractivity contribution in [2.45, 2.75) is 18.4 Å². The van der Waals surface area contributed by atoms with Crippen molar-refractivity contribution in [2.75, 3.05) is 31.8 Å².